The Balaban J connectivity index is 1.91. The fourth-order valence-corrected chi connectivity index (χ4v) is 2.91. The lowest BCUT2D eigenvalue weighted by atomic mass is 9.87. The lowest BCUT2D eigenvalue weighted by Gasteiger charge is -2.19. The summed E-state index contributed by atoms with van der Waals surface area (Å²) in [6.45, 7) is 6.30. The highest BCUT2D eigenvalue weighted by atomic mass is 79.9. The Morgan fingerprint density at radius 2 is 1.75 bits per heavy atom. The van der Waals surface area contributed by atoms with Gasteiger partial charge in [-0.25, -0.2) is 5.43 Å². The molecule has 150 valence electrons. The van der Waals surface area contributed by atoms with E-state index in [0.717, 1.165) is 4.47 Å². The van der Waals surface area contributed by atoms with Gasteiger partial charge < -0.3 is 14.2 Å². The summed E-state index contributed by atoms with van der Waals surface area (Å²) < 4.78 is 16.8. The second-order valence-corrected chi connectivity index (χ2v) is 7.94. The molecule has 0 aliphatic heterocycles. The maximum Gasteiger partial charge on any atom is 0.277 e. The molecule has 0 aliphatic carbocycles. The fraction of sp³-hybridized carbons (Fsp3) is 0.333. The minimum absolute atomic E-state index is 0.0716. The molecule has 0 saturated carbocycles. The molecule has 1 N–H and O–H groups in total. The van der Waals surface area contributed by atoms with Crippen molar-refractivity contribution in [2.45, 2.75) is 26.2 Å². The zero-order valence-corrected chi connectivity index (χ0v) is 18.3. The number of halogens is 1. The van der Waals surface area contributed by atoms with E-state index in [1.54, 1.807) is 26.4 Å². The molecule has 7 heteroatoms. The van der Waals surface area contributed by atoms with Gasteiger partial charge in [0.05, 0.1) is 24.9 Å². The molecule has 6 nitrogen and oxygen atoms in total. The predicted molar refractivity (Wildman–Crippen MR) is 114 cm³/mol. The second kappa shape index (κ2) is 9.59. The monoisotopic (exact) mass is 448 g/mol. The third-order valence-corrected chi connectivity index (χ3v) is 4.61. The molecule has 0 fully saturated rings. The first-order valence-electron chi connectivity index (χ1n) is 8.71. The van der Waals surface area contributed by atoms with Gasteiger partial charge >= 0.3 is 0 Å². The molecule has 0 bridgehead atoms. The molecular formula is C21H25BrN2O4. The number of hydrazone groups is 1. The maximum absolute atomic E-state index is 11.9. The van der Waals surface area contributed by atoms with Crippen molar-refractivity contribution in [2.75, 3.05) is 20.8 Å². The van der Waals surface area contributed by atoms with Gasteiger partial charge in [0.25, 0.3) is 5.91 Å². The zero-order valence-electron chi connectivity index (χ0n) is 16.7. The van der Waals surface area contributed by atoms with E-state index in [9.17, 15) is 4.79 Å². The molecule has 2 aromatic rings. The molecule has 0 aliphatic rings. The Morgan fingerprint density at radius 1 is 1.11 bits per heavy atom. The van der Waals surface area contributed by atoms with Gasteiger partial charge in [-0.1, -0.05) is 32.9 Å². The van der Waals surface area contributed by atoms with E-state index in [1.165, 1.54) is 11.8 Å². The molecule has 0 atom stereocenters. The minimum Gasteiger partial charge on any atom is -0.496 e. The number of ether oxygens (including phenoxy) is 3. The van der Waals surface area contributed by atoms with Gasteiger partial charge in [-0.3, -0.25) is 4.79 Å². The molecule has 1 amide bonds. The molecule has 2 rings (SSSR count). The van der Waals surface area contributed by atoms with Gasteiger partial charge in [0.1, 0.15) is 17.2 Å². The van der Waals surface area contributed by atoms with E-state index in [2.05, 4.69) is 47.2 Å². The summed E-state index contributed by atoms with van der Waals surface area (Å²) in [5.41, 5.74) is 4.40. The van der Waals surface area contributed by atoms with Crippen LogP contribution in [0.3, 0.4) is 0 Å². The normalized spacial score (nSPS) is 11.4. The fourth-order valence-electron chi connectivity index (χ4n) is 2.39. The summed E-state index contributed by atoms with van der Waals surface area (Å²) in [6.07, 6.45) is 1.50. The summed E-state index contributed by atoms with van der Waals surface area (Å²) in [5, 5.41) is 3.96. The summed E-state index contributed by atoms with van der Waals surface area (Å²) in [6, 6.07) is 11.2. The van der Waals surface area contributed by atoms with Crippen LogP contribution in [-0.2, 0) is 10.2 Å². The van der Waals surface area contributed by atoms with E-state index >= 15 is 0 Å². The number of nitrogens with zero attached hydrogens (tertiary/aromatic N) is 1. The highest BCUT2D eigenvalue weighted by Gasteiger charge is 2.13. The molecule has 0 spiro atoms. The third-order valence-electron chi connectivity index (χ3n) is 3.99. The third kappa shape index (κ3) is 5.99. The number of nitrogens with one attached hydrogen (secondary N) is 1. The van der Waals surface area contributed by atoms with Crippen LogP contribution >= 0.6 is 15.9 Å². The highest BCUT2D eigenvalue weighted by Crippen LogP contribution is 2.32. The van der Waals surface area contributed by atoms with Crippen molar-refractivity contribution in [1.82, 2.24) is 5.43 Å². The number of benzene rings is 2. The van der Waals surface area contributed by atoms with Crippen LogP contribution in [0.2, 0.25) is 0 Å². The molecule has 0 heterocycles. The van der Waals surface area contributed by atoms with Crippen molar-refractivity contribution >= 4 is 28.1 Å². The smallest absolute Gasteiger partial charge is 0.277 e. The van der Waals surface area contributed by atoms with E-state index in [0.29, 0.717) is 22.8 Å². The molecule has 0 aromatic heterocycles. The van der Waals surface area contributed by atoms with E-state index in [1.807, 2.05) is 24.3 Å². The Kier molecular flexibility index (Phi) is 7.45. The van der Waals surface area contributed by atoms with Crippen LogP contribution in [0, 0.1) is 0 Å². The Hall–Kier alpha value is -2.54. The van der Waals surface area contributed by atoms with Crippen LogP contribution in [-0.4, -0.2) is 32.9 Å². The first kappa shape index (κ1) is 21.8. The topological polar surface area (TPSA) is 69.2 Å². The first-order chi connectivity index (χ1) is 13.2. The van der Waals surface area contributed by atoms with E-state index < -0.39 is 0 Å². The second-order valence-electron chi connectivity index (χ2n) is 7.08. The summed E-state index contributed by atoms with van der Waals surface area (Å²) in [5.74, 6) is 1.49. The largest absolute Gasteiger partial charge is 0.496 e. The number of carbonyl (C=O) groups excluding carboxylic acids is 1. The average Bonchev–Trinajstić information content (AvgIpc) is 2.66. The van der Waals surface area contributed by atoms with Crippen molar-refractivity contribution in [3.8, 4) is 17.2 Å². The molecular weight excluding hydrogens is 424 g/mol. The molecule has 0 saturated heterocycles. The van der Waals surface area contributed by atoms with E-state index in [4.69, 9.17) is 14.2 Å². The number of hydrogen-bond acceptors (Lipinski definition) is 5. The van der Waals surface area contributed by atoms with Crippen molar-refractivity contribution in [1.29, 1.82) is 0 Å². The van der Waals surface area contributed by atoms with Crippen LogP contribution in [0.4, 0.5) is 0 Å². The molecule has 2 aromatic carbocycles. The Labute approximate surface area is 174 Å². The summed E-state index contributed by atoms with van der Waals surface area (Å²) in [4.78, 5) is 11.9. The number of hydrogen-bond donors (Lipinski definition) is 1. The van der Waals surface area contributed by atoms with Crippen LogP contribution in [0.1, 0.15) is 31.9 Å². The standard InChI is InChI=1S/C21H25BrN2O4/c1-21(2,3)15-6-8-16(9-7-15)28-13-20(25)24-23-12-14-10-17(22)19(27-5)11-18(14)26-4/h6-12H,13H2,1-5H3,(H,24,25). The van der Waals surface area contributed by atoms with Crippen molar-refractivity contribution in [3.05, 3.63) is 52.0 Å². The van der Waals surface area contributed by atoms with Crippen LogP contribution < -0.4 is 19.6 Å². The molecule has 28 heavy (non-hydrogen) atoms. The van der Waals surface area contributed by atoms with Crippen molar-refractivity contribution in [3.63, 3.8) is 0 Å². The van der Waals surface area contributed by atoms with Crippen LogP contribution in [0.25, 0.3) is 0 Å². The summed E-state index contributed by atoms with van der Waals surface area (Å²) >= 11 is 3.41. The van der Waals surface area contributed by atoms with Gasteiger partial charge in [-0.2, -0.15) is 5.10 Å². The quantitative estimate of drug-likeness (QED) is 0.506. The van der Waals surface area contributed by atoms with Gasteiger partial charge in [0.2, 0.25) is 0 Å². The zero-order chi connectivity index (χ0) is 20.7. The molecule has 0 radical (unpaired) electrons. The number of carbonyl (C=O) groups is 1. The SMILES string of the molecule is COc1cc(OC)c(C=NNC(=O)COc2ccc(C(C)(C)C)cc2)cc1Br. The average molecular weight is 449 g/mol. The van der Waals surface area contributed by atoms with Gasteiger partial charge in [-0.05, 0) is 45.1 Å². The number of amides is 1. The Bertz CT molecular complexity index is 843. The molecule has 0 unspecified atom stereocenters. The number of methoxy groups -OCH3 is 2. The predicted octanol–water partition coefficient (Wildman–Crippen LogP) is 4.29. The minimum atomic E-state index is -0.359. The van der Waals surface area contributed by atoms with Gasteiger partial charge in [-0.15, -0.1) is 0 Å². The number of rotatable bonds is 7. The van der Waals surface area contributed by atoms with Gasteiger partial charge in [0, 0.05) is 11.6 Å². The van der Waals surface area contributed by atoms with Gasteiger partial charge in [0.15, 0.2) is 6.61 Å². The first-order valence-corrected chi connectivity index (χ1v) is 9.50. The van der Waals surface area contributed by atoms with E-state index in [-0.39, 0.29) is 17.9 Å². The summed E-state index contributed by atoms with van der Waals surface area (Å²) in [7, 11) is 3.13. The van der Waals surface area contributed by atoms with Crippen molar-refractivity contribution < 1.29 is 19.0 Å². The highest BCUT2D eigenvalue weighted by molar-refractivity contribution is 9.10. The lowest BCUT2D eigenvalue weighted by Crippen LogP contribution is -2.24. The van der Waals surface area contributed by atoms with Crippen LogP contribution in [0.5, 0.6) is 17.2 Å². The Morgan fingerprint density at radius 3 is 2.32 bits per heavy atom. The lowest BCUT2D eigenvalue weighted by molar-refractivity contribution is -0.123. The van der Waals surface area contributed by atoms with Crippen LogP contribution in [0.15, 0.2) is 46.0 Å². The van der Waals surface area contributed by atoms with Crippen molar-refractivity contribution in [2.24, 2.45) is 5.10 Å². The maximum atomic E-state index is 11.9.